The van der Waals surface area contributed by atoms with Crippen LogP contribution in [0.4, 0.5) is 0 Å². The number of carboxylic acids is 1. The van der Waals surface area contributed by atoms with E-state index < -0.39 is 5.97 Å². The molecular formula is C21H29NO2. The van der Waals surface area contributed by atoms with Gasteiger partial charge in [-0.1, -0.05) is 36.8 Å². The third kappa shape index (κ3) is 3.23. The number of carbonyl (C=O) groups is 1. The fourth-order valence-corrected chi connectivity index (χ4v) is 6.00. The summed E-state index contributed by atoms with van der Waals surface area (Å²) < 4.78 is 0. The predicted octanol–water partition coefficient (Wildman–Crippen LogP) is 3.88. The van der Waals surface area contributed by atoms with Crippen LogP contribution in [0, 0.1) is 23.7 Å². The molecule has 3 aliphatic rings. The van der Waals surface area contributed by atoms with Crippen molar-refractivity contribution in [2.24, 2.45) is 23.7 Å². The van der Waals surface area contributed by atoms with Crippen LogP contribution in [0.25, 0.3) is 0 Å². The zero-order chi connectivity index (χ0) is 16.5. The summed E-state index contributed by atoms with van der Waals surface area (Å²) in [5, 5.41) is 13.0. The molecule has 0 saturated heterocycles. The van der Waals surface area contributed by atoms with Crippen LogP contribution in [0.3, 0.4) is 0 Å². The first-order chi connectivity index (χ1) is 11.7. The summed E-state index contributed by atoms with van der Waals surface area (Å²) in [7, 11) is 0. The smallest absolute Gasteiger partial charge is 0.303 e. The Bertz CT molecular complexity index is 572. The van der Waals surface area contributed by atoms with E-state index in [9.17, 15) is 4.79 Å². The van der Waals surface area contributed by atoms with Crippen LogP contribution in [-0.2, 0) is 11.2 Å². The van der Waals surface area contributed by atoms with E-state index in [2.05, 4.69) is 29.6 Å². The number of carboxylic acid groups (broad SMARTS) is 1. The molecule has 0 aliphatic heterocycles. The predicted molar refractivity (Wildman–Crippen MR) is 94.8 cm³/mol. The second kappa shape index (κ2) is 6.87. The molecule has 0 aromatic heterocycles. The number of rotatable bonds is 7. The number of fused-ring (bicyclic) bond motifs is 5. The van der Waals surface area contributed by atoms with Gasteiger partial charge in [-0.2, -0.15) is 0 Å². The van der Waals surface area contributed by atoms with Crippen molar-refractivity contribution in [1.29, 1.82) is 0 Å². The number of nitrogens with one attached hydrogen (secondary N) is 1. The van der Waals surface area contributed by atoms with Gasteiger partial charge in [-0.3, -0.25) is 4.79 Å². The molecule has 6 unspecified atom stereocenters. The second-order valence-corrected chi connectivity index (χ2v) is 8.25. The van der Waals surface area contributed by atoms with Gasteiger partial charge >= 0.3 is 5.97 Å². The minimum Gasteiger partial charge on any atom is -0.481 e. The van der Waals surface area contributed by atoms with Gasteiger partial charge < -0.3 is 10.4 Å². The largest absolute Gasteiger partial charge is 0.481 e. The molecular weight excluding hydrogens is 298 g/mol. The molecule has 3 aliphatic carbocycles. The Kier molecular flexibility index (Phi) is 4.62. The Morgan fingerprint density at radius 1 is 1.12 bits per heavy atom. The first kappa shape index (κ1) is 16.1. The van der Waals surface area contributed by atoms with Crippen LogP contribution in [0.2, 0.25) is 0 Å². The summed E-state index contributed by atoms with van der Waals surface area (Å²) in [4.78, 5) is 11.0. The average Bonchev–Trinajstić information content (AvgIpc) is 3.26. The third-order valence-corrected chi connectivity index (χ3v) is 6.91. The zero-order valence-corrected chi connectivity index (χ0v) is 14.4. The fraction of sp³-hybridized carbons (Fsp3) is 0.667. The van der Waals surface area contributed by atoms with Crippen molar-refractivity contribution in [3.05, 3.63) is 35.9 Å². The summed E-state index contributed by atoms with van der Waals surface area (Å²) in [6.45, 7) is 0. The van der Waals surface area contributed by atoms with Crippen molar-refractivity contribution >= 4 is 5.97 Å². The summed E-state index contributed by atoms with van der Waals surface area (Å²) in [6.07, 6.45) is 9.00. The van der Waals surface area contributed by atoms with Gasteiger partial charge in [0.1, 0.15) is 0 Å². The highest BCUT2D eigenvalue weighted by atomic mass is 16.4. The Morgan fingerprint density at radius 3 is 2.71 bits per heavy atom. The Labute approximate surface area is 144 Å². The van der Waals surface area contributed by atoms with E-state index in [1.807, 2.05) is 6.07 Å². The molecule has 3 nitrogen and oxygen atoms in total. The normalized spacial score (nSPS) is 35.1. The zero-order valence-electron chi connectivity index (χ0n) is 14.4. The van der Waals surface area contributed by atoms with E-state index in [1.165, 1.54) is 37.7 Å². The lowest BCUT2D eigenvalue weighted by Crippen LogP contribution is -2.45. The minimum absolute atomic E-state index is 0.261. The molecule has 3 fully saturated rings. The summed E-state index contributed by atoms with van der Waals surface area (Å²) in [5.41, 5.74) is 1.31. The molecule has 0 spiro atoms. The van der Waals surface area contributed by atoms with Crippen LogP contribution >= 0.6 is 0 Å². The van der Waals surface area contributed by atoms with E-state index in [4.69, 9.17) is 5.11 Å². The second-order valence-electron chi connectivity index (χ2n) is 8.25. The molecule has 2 N–H and O–H groups in total. The van der Waals surface area contributed by atoms with Crippen molar-refractivity contribution in [2.75, 3.05) is 0 Å². The van der Waals surface area contributed by atoms with Gasteiger partial charge in [0.2, 0.25) is 0 Å². The molecule has 2 bridgehead atoms. The highest BCUT2D eigenvalue weighted by molar-refractivity contribution is 5.66. The molecule has 1 aromatic rings. The van der Waals surface area contributed by atoms with Gasteiger partial charge in [0, 0.05) is 18.5 Å². The SMILES string of the molecule is O=C(O)CCC(Cc1ccccc1)NC1CC2CC1C1CCCC21. The summed E-state index contributed by atoms with van der Waals surface area (Å²) in [5.74, 6) is 3.08. The maximum Gasteiger partial charge on any atom is 0.303 e. The first-order valence-electron chi connectivity index (χ1n) is 9.72. The monoisotopic (exact) mass is 327 g/mol. The lowest BCUT2D eigenvalue weighted by molar-refractivity contribution is -0.137. The lowest BCUT2D eigenvalue weighted by Gasteiger charge is -2.35. The van der Waals surface area contributed by atoms with Crippen LogP contribution in [0.5, 0.6) is 0 Å². The molecule has 24 heavy (non-hydrogen) atoms. The van der Waals surface area contributed by atoms with Gasteiger partial charge in [-0.05, 0) is 67.8 Å². The van der Waals surface area contributed by atoms with Gasteiger partial charge in [0.05, 0.1) is 0 Å². The molecule has 0 amide bonds. The summed E-state index contributed by atoms with van der Waals surface area (Å²) >= 11 is 0. The molecule has 130 valence electrons. The van der Waals surface area contributed by atoms with E-state index in [1.54, 1.807) is 0 Å². The molecule has 3 heteroatoms. The Balaban J connectivity index is 1.41. The van der Waals surface area contributed by atoms with E-state index in [0.717, 1.165) is 36.5 Å². The van der Waals surface area contributed by atoms with Crippen LogP contribution in [-0.4, -0.2) is 23.2 Å². The standard InChI is InChI=1S/C21H29NO2/c23-21(24)10-9-16(11-14-5-2-1-3-6-14)22-20-13-15-12-19(20)18-8-4-7-17(15)18/h1-3,5-6,15-20,22H,4,7-13H2,(H,23,24). The third-order valence-electron chi connectivity index (χ3n) is 6.91. The fourth-order valence-electron chi connectivity index (χ4n) is 6.00. The minimum atomic E-state index is -0.682. The average molecular weight is 327 g/mol. The van der Waals surface area contributed by atoms with Gasteiger partial charge in [0.25, 0.3) is 0 Å². The van der Waals surface area contributed by atoms with Crippen molar-refractivity contribution in [3.8, 4) is 0 Å². The maximum absolute atomic E-state index is 11.0. The number of hydrogen-bond donors (Lipinski definition) is 2. The van der Waals surface area contributed by atoms with Crippen LogP contribution in [0.1, 0.15) is 50.5 Å². The van der Waals surface area contributed by atoms with Gasteiger partial charge in [0.15, 0.2) is 0 Å². The molecule has 3 saturated carbocycles. The molecule has 4 rings (SSSR count). The lowest BCUT2D eigenvalue weighted by atomic mass is 9.78. The Hall–Kier alpha value is -1.35. The quantitative estimate of drug-likeness (QED) is 0.799. The molecule has 0 heterocycles. The topological polar surface area (TPSA) is 49.3 Å². The summed E-state index contributed by atoms with van der Waals surface area (Å²) in [6, 6.07) is 11.4. The Morgan fingerprint density at radius 2 is 1.92 bits per heavy atom. The maximum atomic E-state index is 11.0. The van der Waals surface area contributed by atoms with Crippen LogP contribution < -0.4 is 5.32 Å². The number of hydrogen-bond acceptors (Lipinski definition) is 2. The van der Waals surface area contributed by atoms with Crippen molar-refractivity contribution in [1.82, 2.24) is 5.32 Å². The van der Waals surface area contributed by atoms with E-state index in [0.29, 0.717) is 6.04 Å². The first-order valence-corrected chi connectivity index (χ1v) is 9.72. The molecule has 1 aromatic carbocycles. The van der Waals surface area contributed by atoms with Gasteiger partial charge in [-0.25, -0.2) is 0 Å². The van der Waals surface area contributed by atoms with Gasteiger partial charge in [-0.15, -0.1) is 0 Å². The molecule has 6 atom stereocenters. The van der Waals surface area contributed by atoms with Crippen molar-refractivity contribution in [2.45, 2.75) is 63.5 Å². The number of benzene rings is 1. The van der Waals surface area contributed by atoms with Crippen molar-refractivity contribution in [3.63, 3.8) is 0 Å². The van der Waals surface area contributed by atoms with E-state index in [-0.39, 0.29) is 12.5 Å². The van der Waals surface area contributed by atoms with Crippen molar-refractivity contribution < 1.29 is 9.90 Å². The molecule has 0 radical (unpaired) electrons. The van der Waals surface area contributed by atoms with Crippen LogP contribution in [0.15, 0.2) is 30.3 Å². The van der Waals surface area contributed by atoms with E-state index >= 15 is 0 Å². The number of aliphatic carboxylic acids is 1. The highest BCUT2D eigenvalue weighted by Gasteiger charge is 2.53. The highest BCUT2D eigenvalue weighted by Crippen LogP contribution is 2.58.